The maximum absolute atomic E-state index is 14.0. The van der Waals surface area contributed by atoms with E-state index in [4.69, 9.17) is 5.73 Å². The molecule has 3 saturated heterocycles. The molecule has 0 aliphatic carbocycles. The predicted molar refractivity (Wildman–Crippen MR) is 186 cm³/mol. The Hall–Kier alpha value is -3.17. The van der Waals surface area contributed by atoms with Crippen LogP contribution in [0.2, 0.25) is 0 Å². The summed E-state index contributed by atoms with van der Waals surface area (Å²) in [6, 6.07) is 9.26. The van der Waals surface area contributed by atoms with Crippen LogP contribution < -0.4 is 11.1 Å². The van der Waals surface area contributed by atoms with E-state index in [1.807, 2.05) is 6.92 Å². The van der Waals surface area contributed by atoms with Gasteiger partial charge in [-0.3, -0.25) is 14.4 Å². The number of H-pyrrole nitrogens is 1. The molecule has 1 atom stereocenters. The van der Waals surface area contributed by atoms with Gasteiger partial charge in [-0.15, -0.1) is 11.3 Å². The number of aromatic nitrogens is 1. The molecule has 3 aromatic rings. The summed E-state index contributed by atoms with van der Waals surface area (Å²) in [5, 5.41) is 4.12. The van der Waals surface area contributed by atoms with Crippen LogP contribution in [0, 0.1) is 19.8 Å². The van der Waals surface area contributed by atoms with Gasteiger partial charge >= 0.3 is 0 Å². The summed E-state index contributed by atoms with van der Waals surface area (Å²) < 4.78 is 0. The largest absolute Gasteiger partial charge is 0.368 e. The van der Waals surface area contributed by atoms with Gasteiger partial charge in [0, 0.05) is 34.8 Å². The van der Waals surface area contributed by atoms with Gasteiger partial charge in [0.05, 0.1) is 11.1 Å². The fraction of sp³-hybridized carbons (Fsp3) is 0.595. The van der Waals surface area contributed by atoms with Crippen LogP contribution in [-0.2, 0) is 26.2 Å². The Labute approximate surface area is 277 Å². The van der Waals surface area contributed by atoms with Crippen molar-refractivity contribution >= 4 is 39.3 Å². The first kappa shape index (κ1) is 32.8. The van der Waals surface area contributed by atoms with Crippen LogP contribution >= 0.6 is 11.3 Å². The standard InChI is InChI=1S/C37H51N5O3S/c1-6-7-30(33(38)43)39-34(44)24-12-15-41(16-13-24)17-14-28-29-21-31(37(4,5)36(45)42-26-8-9-27(42)11-10-26)46-35(29)40-32(28)25-19-22(2)18-23(3)20-25/h18-21,24,26-27,30,40H,6-17H2,1-5H3,(H2,38,43)(H,39,44). The highest BCUT2D eigenvalue weighted by Gasteiger charge is 2.47. The number of aromatic amines is 1. The highest BCUT2D eigenvalue weighted by molar-refractivity contribution is 7.19. The molecule has 0 saturated carbocycles. The molecule has 9 heteroatoms. The Kier molecular flexibility index (Phi) is 9.36. The number of fused-ring (bicyclic) bond motifs is 3. The molecule has 1 unspecified atom stereocenters. The van der Waals surface area contributed by atoms with Crippen LogP contribution in [0.25, 0.3) is 21.5 Å². The molecule has 3 amide bonds. The first-order chi connectivity index (χ1) is 22.0. The van der Waals surface area contributed by atoms with Crippen molar-refractivity contribution in [3.8, 4) is 11.3 Å². The summed E-state index contributed by atoms with van der Waals surface area (Å²) >= 11 is 1.73. The van der Waals surface area contributed by atoms with Crippen molar-refractivity contribution in [1.29, 1.82) is 0 Å². The number of piperidine rings is 1. The molecule has 4 N–H and O–H groups in total. The molecule has 2 aromatic heterocycles. The Morgan fingerprint density at radius 1 is 1.00 bits per heavy atom. The third-order valence-corrected chi connectivity index (χ3v) is 12.2. The fourth-order valence-electron chi connectivity index (χ4n) is 8.19. The van der Waals surface area contributed by atoms with Gasteiger partial charge in [-0.05, 0) is 121 Å². The molecule has 3 fully saturated rings. The van der Waals surface area contributed by atoms with Gasteiger partial charge in [-0.2, -0.15) is 0 Å². The third kappa shape index (κ3) is 6.37. The predicted octanol–water partition coefficient (Wildman–Crippen LogP) is 5.97. The second-order valence-electron chi connectivity index (χ2n) is 14.6. The quantitative estimate of drug-likeness (QED) is 0.239. The van der Waals surface area contributed by atoms with Gasteiger partial charge in [0.25, 0.3) is 0 Å². The van der Waals surface area contributed by atoms with Crippen LogP contribution in [0.3, 0.4) is 0 Å². The minimum atomic E-state index is -0.587. The van der Waals surface area contributed by atoms with Crippen molar-refractivity contribution in [1.82, 2.24) is 20.1 Å². The highest BCUT2D eigenvalue weighted by Crippen LogP contribution is 2.44. The Balaban J connectivity index is 1.20. The fourth-order valence-corrected chi connectivity index (χ4v) is 9.37. The molecule has 8 nitrogen and oxygen atoms in total. The van der Waals surface area contributed by atoms with E-state index < -0.39 is 17.4 Å². The number of hydrogen-bond acceptors (Lipinski definition) is 5. The first-order valence-corrected chi connectivity index (χ1v) is 18.2. The molecule has 46 heavy (non-hydrogen) atoms. The number of aryl methyl sites for hydroxylation is 2. The number of carbonyl (C=O) groups is 3. The third-order valence-electron chi connectivity index (χ3n) is 10.8. The average Bonchev–Trinajstić information content (AvgIpc) is 3.80. The van der Waals surface area contributed by atoms with E-state index in [-0.39, 0.29) is 17.7 Å². The molecular formula is C37H51N5O3S. The van der Waals surface area contributed by atoms with E-state index in [9.17, 15) is 14.4 Å². The molecule has 1 aromatic carbocycles. The number of rotatable bonds is 11. The number of amides is 3. The summed E-state index contributed by atoms with van der Waals surface area (Å²) in [7, 11) is 0. The SMILES string of the molecule is CCCC(NC(=O)C1CCN(CCc2c(-c3cc(C)cc(C)c3)[nH]c3sc(C(C)(C)C(=O)N4C5CCC4CC5)cc23)CC1)C(N)=O. The van der Waals surface area contributed by atoms with Crippen LogP contribution in [0.5, 0.6) is 0 Å². The number of hydrogen-bond donors (Lipinski definition) is 3. The Morgan fingerprint density at radius 3 is 2.22 bits per heavy atom. The number of benzene rings is 1. The van der Waals surface area contributed by atoms with Gasteiger partial charge < -0.3 is 25.8 Å². The van der Waals surface area contributed by atoms with Crippen LogP contribution in [0.1, 0.15) is 93.7 Å². The van der Waals surface area contributed by atoms with Gasteiger partial charge in [-0.1, -0.05) is 30.5 Å². The van der Waals surface area contributed by atoms with E-state index in [1.165, 1.54) is 33.3 Å². The second kappa shape index (κ2) is 13.1. The lowest BCUT2D eigenvalue weighted by molar-refractivity contribution is -0.137. The van der Waals surface area contributed by atoms with Gasteiger partial charge in [0.1, 0.15) is 10.9 Å². The van der Waals surface area contributed by atoms with Crippen molar-refractivity contribution in [2.75, 3.05) is 19.6 Å². The van der Waals surface area contributed by atoms with Crippen molar-refractivity contribution in [3.05, 3.63) is 45.8 Å². The highest BCUT2D eigenvalue weighted by atomic mass is 32.1. The Morgan fingerprint density at radius 2 is 1.63 bits per heavy atom. The van der Waals surface area contributed by atoms with Crippen LogP contribution in [-0.4, -0.2) is 70.3 Å². The molecule has 0 spiro atoms. The van der Waals surface area contributed by atoms with Crippen molar-refractivity contribution < 1.29 is 14.4 Å². The van der Waals surface area contributed by atoms with Crippen LogP contribution in [0.15, 0.2) is 24.3 Å². The summed E-state index contributed by atoms with van der Waals surface area (Å²) in [4.78, 5) is 49.4. The number of primary amides is 1. The summed E-state index contributed by atoms with van der Waals surface area (Å²) in [6.07, 6.45) is 8.38. The number of thiophene rings is 1. The van der Waals surface area contributed by atoms with Crippen molar-refractivity contribution in [3.63, 3.8) is 0 Å². The Bertz CT molecular complexity index is 1570. The van der Waals surface area contributed by atoms with E-state index in [1.54, 1.807) is 11.3 Å². The lowest BCUT2D eigenvalue weighted by Crippen LogP contribution is -2.48. The van der Waals surface area contributed by atoms with Crippen molar-refractivity contribution in [2.45, 2.75) is 116 Å². The lowest BCUT2D eigenvalue weighted by Gasteiger charge is -2.32. The summed E-state index contributed by atoms with van der Waals surface area (Å²) in [6.45, 7) is 13.1. The van der Waals surface area contributed by atoms with Gasteiger partial charge in [0.15, 0.2) is 0 Å². The second-order valence-corrected chi connectivity index (χ2v) is 15.7. The van der Waals surface area contributed by atoms with E-state index in [0.717, 1.165) is 80.7 Å². The molecule has 6 rings (SSSR count). The number of nitrogens with two attached hydrogens (primary N) is 1. The van der Waals surface area contributed by atoms with E-state index >= 15 is 0 Å². The maximum atomic E-state index is 14.0. The average molecular weight is 646 g/mol. The maximum Gasteiger partial charge on any atom is 0.239 e. The molecule has 248 valence electrons. The first-order valence-electron chi connectivity index (χ1n) is 17.3. The number of nitrogens with zero attached hydrogens (tertiary/aromatic N) is 2. The minimum absolute atomic E-state index is 0.0498. The van der Waals surface area contributed by atoms with E-state index in [0.29, 0.717) is 18.5 Å². The van der Waals surface area contributed by atoms with Crippen molar-refractivity contribution in [2.24, 2.45) is 11.7 Å². The number of likely N-dealkylation sites (tertiary alicyclic amines) is 1. The molecular weight excluding hydrogens is 595 g/mol. The topological polar surface area (TPSA) is 112 Å². The van der Waals surface area contributed by atoms with E-state index in [2.05, 4.69) is 72.1 Å². The van der Waals surface area contributed by atoms with Gasteiger partial charge in [0.2, 0.25) is 17.7 Å². The lowest BCUT2D eigenvalue weighted by atomic mass is 9.88. The molecule has 2 bridgehead atoms. The molecule has 3 aliphatic rings. The molecule has 3 aliphatic heterocycles. The zero-order chi connectivity index (χ0) is 32.7. The smallest absolute Gasteiger partial charge is 0.239 e. The van der Waals surface area contributed by atoms with Gasteiger partial charge in [-0.25, -0.2) is 0 Å². The monoisotopic (exact) mass is 645 g/mol. The summed E-state index contributed by atoms with van der Waals surface area (Å²) in [5.41, 5.74) is 11.1. The molecule has 5 heterocycles. The zero-order valence-electron chi connectivity index (χ0n) is 28.2. The molecule has 0 radical (unpaired) electrons. The number of carbonyl (C=O) groups excluding carboxylic acids is 3. The van der Waals surface area contributed by atoms with Crippen LogP contribution in [0.4, 0.5) is 0 Å². The normalized spacial score (nSPS) is 21.3. The summed E-state index contributed by atoms with van der Waals surface area (Å²) in [5.74, 6) is -0.324. The number of nitrogens with one attached hydrogen (secondary N) is 2. The zero-order valence-corrected chi connectivity index (χ0v) is 29.0. The minimum Gasteiger partial charge on any atom is -0.368 e.